The van der Waals surface area contributed by atoms with E-state index in [0.29, 0.717) is 35.8 Å². The van der Waals surface area contributed by atoms with Crippen LogP contribution in [0.4, 0.5) is 5.82 Å². The van der Waals surface area contributed by atoms with E-state index in [2.05, 4.69) is 32.4 Å². The molecule has 5 rings (SSSR count). The molecule has 2 aromatic heterocycles. The van der Waals surface area contributed by atoms with Crippen molar-refractivity contribution in [2.75, 3.05) is 18.4 Å². The summed E-state index contributed by atoms with van der Waals surface area (Å²) in [5, 5.41) is 8.78. The van der Waals surface area contributed by atoms with Gasteiger partial charge in [0.2, 0.25) is 10.0 Å². The highest BCUT2D eigenvalue weighted by molar-refractivity contribution is 9.10. The monoisotopic (exact) mass is 544 g/mol. The Hall–Kier alpha value is -2.39. The fourth-order valence-corrected chi connectivity index (χ4v) is 6.31. The molecule has 0 spiro atoms. The summed E-state index contributed by atoms with van der Waals surface area (Å²) in [7, 11) is -3.47. The molecule has 0 amide bonds. The normalized spacial score (nSPS) is 15.7. The van der Waals surface area contributed by atoms with Crippen molar-refractivity contribution in [3.8, 4) is 11.1 Å². The van der Waals surface area contributed by atoms with Gasteiger partial charge in [-0.15, -0.1) is 0 Å². The van der Waals surface area contributed by atoms with Crippen molar-refractivity contribution in [1.82, 2.24) is 13.9 Å². The van der Waals surface area contributed by atoms with Crippen molar-refractivity contribution in [2.45, 2.75) is 23.8 Å². The van der Waals surface area contributed by atoms with Crippen molar-refractivity contribution in [1.29, 1.82) is 0 Å². The Labute approximate surface area is 206 Å². The quantitative estimate of drug-likeness (QED) is 0.350. The SMILES string of the molecule is O=S(=O)(c1ccccc1)N1CCC(Nc2cc(-c3ccccc3Cl)cc3c(Br)cnn23)CC1. The van der Waals surface area contributed by atoms with Crippen LogP contribution >= 0.6 is 27.5 Å². The zero-order chi connectivity index (χ0) is 23.0. The number of nitrogens with one attached hydrogen (secondary N) is 1. The van der Waals surface area contributed by atoms with Crippen LogP contribution in [-0.4, -0.2) is 41.5 Å². The van der Waals surface area contributed by atoms with Gasteiger partial charge in [-0.05, 0) is 64.7 Å². The zero-order valence-corrected chi connectivity index (χ0v) is 20.8. The molecule has 0 radical (unpaired) electrons. The topological polar surface area (TPSA) is 66.7 Å². The second-order valence-corrected chi connectivity index (χ2v) is 11.2. The van der Waals surface area contributed by atoms with Gasteiger partial charge in [0, 0.05) is 29.7 Å². The third-order valence-electron chi connectivity index (χ3n) is 5.94. The maximum Gasteiger partial charge on any atom is 0.243 e. The average Bonchev–Trinajstić information content (AvgIpc) is 3.21. The van der Waals surface area contributed by atoms with Gasteiger partial charge in [-0.3, -0.25) is 0 Å². The van der Waals surface area contributed by atoms with Crippen LogP contribution in [-0.2, 0) is 10.0 Å². The Morgan fingerprint density at radius 3 is 2.42 bits per heavy atom. The molecular formula is C24H22BrClN4O2S. The Morgan fingerprint density at radius 1 is 1.00 bits per heavy atom. The minimum Gasteiger partial charge on any atom is -0.367 e. The number of nitrogens with zero attached hydrogens (tertiary/aromatic N) is 3. The molecule has 0 unspecified atom stereocenters. The number of piperidine rings is 1. The van der Waals surface area contributed by atoms with Crippen LogP contribution in [0.2, 0.25) is 5.02 Å². The molecule has 0 aliphatic carbocycles. The fraction of sp³-hybridized carbons (Fsp3) is 0.208. The first-order valence-electron chi connectivity index (χ1n) is 10.7. The molecule has 33 heavy (non-hydrogen) atoms. The maximum atomic E-state index is 12.9. The number of aromatic nitrogens is 2. The highest BCUT2D eigenvalue weighted by Crippen LogP contribution is 2.33. The largest absolute Gasteiger partial charge is 0.367 e. The lowest BCUT2D eigenvalue weighted by Gasteiger charge is -2.32. The number of benzene rings is 2. The van der Waals surface area contributed by atoms with E-state index in [4.69, 9.17) is 11.6 Å². The lowest BCUT2D eigenvalue weighted by molar-refractivity contribution is 0.329. The Bertz CT molecular complexity index is 1400. The van der Waals surface area contributed by atoms with Crippen LogP contribution in [0.5, 0.6) is 0 Å². The van der Waals surface area contributed by atoms with Gasteiger partial charge in [-0.1, -0.05) is 48.0 Å². The summed E-state index contributed by atoms with van der Waals surface area (Å²) in [5.74, 6) is 0.845. The summed E-state index contributed by atoms with van der Waals surface area (Å²) < 4.78 is 30.2. The number of pyridine rings is 1. The molecule has 3 heterocycles. The molecular weight excluding hydrogens is 524 g/mol. The van der Waals surface area contributed by atoms with Crippen molar-refractivity contribution in [3.63, 3.8) is 0 Å². The maximum absolute atomic E-state index is 12.9. The highest BCUT2D eigenvalue weighted by Gasteiger charge is 2.29. The number of halogens is 2. The number of fused-ring (bicyclic) bond motifs is 1. The van der Waals surface area contributed by atoms with Crippen LogP contribution in [0.3, 0.4) is 0 Å². The van der Waals surface area contributed by atoms with Crippen molar-refractivity contribution in [2.24, 2.45) is 0 Å². The molecule has 4 aromatic rings. The van der Waals surface area contributed by atoms with E-state index in [9.17, 15) is 8.42 Å². The van der Waals surface area contributed by atoms with E-state index in [1.165, 1.54) is 0 Å². The lowest BCUT2D eigenvalue weighted by Crippen LogP contribution is -2.42. The smallest absolute Gasteiger partial charge is 0.243 e. The number of hydrogen-bond donors (Lipinski definition) is 1. The van der Waals surface area contributed by atoms with E-state index in [1.54, 1.807) is 34.8 Å². The van der Waals surface area contributed by atoms with Gasteiger partial charge >= 0.3 is 0 Å². The van der Waals surface area contributed by atoms with Crippen LogP contribution in [0, 0.1) is 0 Å². The van der Waals surface area contributed by atoms with E-state index in [1.807, 2.05) is 40.9 Å². The standard InChI is InChI=1S/C24H22BrClN4O2S/c25-21-16-27-30-23(21)14-17(20-8-4-5-9-22(20)26)15-24(30)28-18-10-12-29(13-11-18)33(31,32)19-6-2-1-3-7-19/h1-9,14-16,18,28H,10-13H2. The van der Waals surface area contributed by atoms with Crippen LogP contribution in [0.1, 0.15) is 12.8 Å². The van der Waals surface area contributed by atoms with Gasteiger partial charge in [0.15, 0.2) is 0 Å². The molecule has 170 valence electrons. The second-order valence-electron chi connectivity index (χ2n) is 8.03. The third-order valence-corrected chi connectivity index (χ3v) is 8.80. The first-order valence-corrected chi connectivity index (χ1v) is 13.3. The van der Waals surface area contributed by atoms with Gasteiger partial charge in [-0.25, -0.2) is 12.9 Å². The van der Waals surface area contributed by atoms with Gasteiger partial charge in [0.05, 0.1) is 21.1 Å². The van der Waals surface area contributed by atoms with Crippen molar-refractivity contribution >= 4 is 48.9 Å². The molecule has 2 aromatic carbocycles. The number of rotatable bonds is 5. The van der Waals surface area contributed by atoms with Crippen molar-refractivity contribution in [3.05, 3.63) is 82.4 Å². The zero-order valence-electron chi connectivity index (χ0n) is 17.7. The van der Waals surface area contributed by atoms with Crippen LogP contribution in [0.25, 0.3) is 16.6 Å². The van der Waals surface area contributed by atoms with Gasteiger partial charge < -0.3 is 5.32 Å². The average molecular weight is 546 g/mol. The van der Waals surface area contributed by atoms with E-state index >= 15 is 0 Å². The van der Waals surface area contributed by atoms with Gasteiger partial charge in [0.25, 0.3) is 0 Å². The predicted octanol–water partition coefficient (Wildman–Crippen LogP) is 5.68. The molecule has 1 aliphatic heterocycles. The first-order chi connectivity index (χ1) is 15.9. The molecule has 1 fully saturated rings. The second kappa shape index (κ2) is 9.10. The third kappa shape index (κ3) is 4.40. The molecule has 1 saturated heterocycles. The highest BCUT2D eigenvalue weighted by atomic mass is 79.9. The van der Waals surface area contributed by atoms with E-state index < -0.39 is 10.0 Å². The molecule has 9 heteroatoms. The van der Waals surface area contributed by atoms with Crippen LogP contribution < -0.4 is 5.32 Å². The van der Waals surface area contributed by atoms with Crippen LogP contribution in [0.15, 0.2) is 82.3 Å². The van der Waals surface area contributed by atoms with Gasteiger partial charge in [0.1, 0.15) is 5.82 Å². The number of hydrogen-bond acceptors (Lipinski definition) is 4. The minimum absolute atomic E-state index is 0.125. The summed E-state index contributed by atoms with van der Waals surface area (Å²) >= 11 is 10.0. The van der Waals surface area contributed by atoms with E-state index in [0.717, 1.165) is 26.9 Å². The summed E-state index contributed by atoms with van der Waals surface area (Å²) in [5.41, 5.74) is 2.86. The summed E-state index contributed by atoms with van der Waals surface area (Å²) in [6.07, 6.45) is 3.17. The van der Waals surface area contributed by atoms with E-state index in [-0.39, 0.29) is 6.04 Å². The summed E-state index contributed by atoms with van der Waals surface area (Å²) in [6, 6.07) is 20.6. The molecule has 0 bridgehead atoms. The summed E-state index contributed by atoms with van der Waals surface area (Å²) in [6.45, 7) is 0.927. The molecule has 1 N–H and O–H groups in total. The number of sulfonamides is 1. The predicted molar refractivity (Wildman–Crippen MR) is 135 cm³/mol. The Balaban J connectivity index is 1.39. The molecule has 1 aliphatic rings. The first kappa shape index (κ1) is 22.4. The van der Waals surface area contributed by atoms with Gasteiger partial charge in [-0.2, -0.15) is 9.40 Å². The molecule has 6 nitrogen and oxygen atoms in total. The fourth-order valence-electron chi connectivity index (χ4n) is 4.20. The van der Waals surface area contributed by atoms with Crippen molar-refractivity contribution < 1.29 is 8.42 Å². The Morgan fingerprint density at radius 2 is 1.70 bits per heavy atom. The number of anilines is 1. The molecule has 0 atom stereocenters. The Kier molecular flexibility index (Phi) is 6.18. The lowest BCUT2D eigenvalue weighted by atomic mass is 10.0. The summed E-state index contributed by atoms with van der Waals surface area (Å²) in [4.78, 5) is 0.340. The minimum atomic E-state index is -3.47. The molecule has 0 saturated carbocycles.